The molecule has 0 bridgehead atoms. The van der Waals surface area contributed by atoms with Crippen molar-refractivity contribution in [3.8, 4) is 5.75 Å². The molecule has 2 aromatic heterocycles. The predicted molar refractivity (Wildman–Crippen MR) is 113 cm³/mol. The second-order valence-electron chi connectivity index (χ2n) is 6.31. The Morgan fingerprint density at radius 3 is 2.80 bits per heavy atom. The fourth-order valence-electron chi connectivity index (χ4n) is 2.99. The van der Waals surface area contributed by atoms with Crippen LogP contribution < -0.4 is 9.64 Å². The van der Waals surface area contributed by atoms with E-state index in [1.165, 1.54) is 40.7 Å². The lowest BCUT2D eigenvalue weighted by Crippen LogP contribution is -2.30. The van der Waals surface area contributed by atoms with Crippen molar-refractivity contribution in [1.82, 2.24) is 4.98 Å². The molecule has 1 amide bonds. The first kappa shape index (κ1) is 19.6. The van der Waals surface area contributed by atoms with Crippen LogP contribution in [0, 0.1) is 10.1 Å². The summed E-state index contributed by atoms with van der Waals surface area (Å²) in [4.78, 5) is 30.0. The van der Waals surface area contributed by atoms with Crippen LogP contribution in [0.15, 0.2) is 65.3 Å². The van der Waals surface area contributed by atoms with Gasteiger partial charge in [-0.25, -0.2) is 4.98 Å². The lowest BCUT2D eigenvalue weighted by atomic mass is 10.2. The van der Waals surface area contributed by atoms with E-state index in [9.17, 15) is 14.9 Å². The van der Waals surface area contributed by atoms with Gasteiger partial charge in [-0.1, -0.05) is 23.5 Å². The van der Waals surface area contributed by atoms with E-state index in [1.807, 2.05) is 25.1 Å². The number of aromatic nitrogens is 1. The maximum absolute atomic E-state index is 13.3. The van der Waals surface area contributed by atoms with Crippen molar-refractivity contribution in [3.05, 3.63) is 82.3 Å². The summed E-state index contributed by atoms with van der Waals surface area (Å²) in [6.45, 7) is 2.52. The smallest absolute Gasteiger partial charge is 0.270 e. The first-order valence-corrected chi connectivity index (χ1v) is 9.99. The van der Waals surface area contributed by atoms with Crippen molar-refractivity contribution in [2.24, 2.45) is 0 Å². The van der Waals surface area contributed by atoms with Crippen LogP contribution in [0.3, 0.4) is 0 Å². The molecule has 2 heterocycles. The molecule has 0 saturated carbocycles. The van der Waals surface area contributed by atoms with Gasteiger partial charge >= 0.3 is 0 Å². The zero-order valence-electron chi connectivity index (χ0n) is 16.0. The van der Waals surface area contributed by atoms with Crippen LogP contribution in [0.4, 0.5) is 10.8 Å². The molecule has 4 rings (SSSR count). The Hall–Kier alpha value is -3.72. The number of carbonyl (C=O) groups excluding carboxylic acids is 1. The molecule has 0 unspecified atom stereocenters. The van der Waals surface area contributed by atoms with Crippen molar-refractivity contribution in [2.45, 2.75) is 13.5 Å². The maximum Gasteiger partial charge on any atom is 0.270 e. The van der Waals surface area contributed by atoms with Crippen molar-refractivity contribution in [1.29, 1.82) is 0 Å². The number of furan rings is 1. The first-order valence-electron chi connectivity index (χ1n) is 9.18. The van der Waals surface area contributed by atoms with Crippen LogP contribution in [-0.4, -0.2) is 22.4 Å². The third-order valence-corrected chi connectivity index (χ3v) is 5.39. The molecule has 0 aliphatic heterocycles. The second-order valence-corrected chi connectivity index (χ2v) is 7.32. The van der Waals surface area contributed by atoms with Gasteiger partial charge in [-0.05, 0) is 37.3 Å². The summed E-state index contributed by atoms with van der Waals surface area (Å²) >= 11 is 1.34. The third kappa shape index (κ3) is 3.87. The molecule has 0 spiro atoms. The van der Waals surface area contributed by atoms with Crippen molar-refractivity contribution in [3.63, 3.8) is 0 Å². The van der Waals surface area contributed by atoms with E-state index < -0.39 is 10.8 Å². The number of rotatable bonds is 7. The quantitative estimate of drug-likeness (QED) is 0.305. The van der Waals surface area contributed by atoms with Gasteiger partial charge < -0.3 is 9.15 Å². The predicted octanol–water partition coefficient (Wildman–Crippen LogP) is 5.04. The van der Waals surface area contributed by atoms with Crippen LogP contribution in [0.2, 0.25) is 0 Å². The first-order chi connectivity index (χ1) is 14.6. The van der Waals surface area contributed by atoms with Gasteiger partial charge in [0.15, 0.2) is 5.13 Å². The molecule has 4 aromatic rings. The van der Waals surface area contributed by atoms with E-state index in [1.54, 1.807) is 18.2 Å². The third-order valence-electron chi connectivity index (χ3n) is 4.34. The van der Waals surface area contributed by atoms with Crippen LogP contribution in [-0.2, 0) is 6.54 Å². The zero-order valence-corrected chi connectivity index (χ0v) is 16.8. The highest BCUT2D eigenvalue weighted by molar-refractivity contribution is 7.22. The molecule has 30 heavy (non-hydrogen) atoms. The molecule has 0 fully saturated rings. The average molecular weight is 423 g/mol. The van der Waals surface area contributed by atoms with E-state index in [4.69, 9.17) is 9.15 Å². The number of nitrogens with zero attached hydrogens (tertiary/aromatic N) is 3. The van der Waals surface area contributed by atoms with Gasteiger partial charge in [0.2, 0.25) is 0 Å². The highest BCUT2D eigenvalue weighted by Crippen LogP contribution is 2.35. The Morgan fingerprint density at radius 1 is 1.23 bits per heavy atom. The number of fused-ring (bicyclic) bond motifs is 1. The van der Waals surface area contributed by atoms with Crippen LogP contribution >= 0.6 is 11.3 Å². The molecule has 0 aliphatic rings. The van der Waals surface area contributed by atoms with Gasteiger partial charge in [-0.2, -0.15) is 0 Å². The standard InChI is InChI=1S/C21H17N3O5S/c1-2-28-17-9-4-10-18-19(17)22-21(30-18)23(13-16-8-5-11-29-16)20(25)14-6-3-7-15(12-14)24(26)27/h3-12H,2,13H2,1H3. The number of hydrogen-bond donors (Lipinski definition) is 0. The lowest BCUT2D eigenvalue weighted by molar-refractivity contribution is -0.384. The Balaban J connectivity index is 1.78. The highest BCUT2D eigenvalue weighted by atomic mass is 32.1. The minimum absolute atomic E-state index is 0.137. The Bertz CT molecular complexity index is 1200. The molecule has 0 N–H and O–H groups in total. The van der Waals surface area contributed by atoms with Crippen LogP contribution in [0.5, 0.6) is 5.75 Å². The zero-order chi connectivity index (χ0) is 21.1. The van der Waals surface area contributed by atoms with Crippen LogP contribution in [0.1, 0.15) is 23.0 Å². The average Bonchev–Trinajstić information content (AvgIpc) is 3.42. The fourth-order valence-corrected chi connectivity index (χ4v) is 3.97. The maximum atomic E-state index is 13.3. The van der Waals surface area contributed by atoms with E-state index >= 15 is 0 Å². The Labute approximate surface area is 175 Å². The van der Waals surface area contributed by atoms with Gasteiger partial charge in [0, 0.05) is 17.7 Å². The number of non-ortho nitro benzene ring substituents is 1. The molecule has 0 radical (unpaired) electrons. The number of amides is 1. The Morgan fingerprint density at radius 2 is 2.07 bits per heavy atom. The largest absolute Gasteiger partial charge is 0.492 e. The molecular formula is C21H17N3O5S. The number of thiazole rings is 1. The summed E-state index contributed by atoms with van der Waals surface area (Å²) in [6, 6.07) is 14.7. The molecule has 2 aromatic carbocycles. The number of para-hydroxylation sites is 1. The number of benzene rings is 2. The second kappa shape index (κ2) is 8.34. The summed E-state index contributed by atoms with van der Waals surface area (Å²) < 4.78 is 11.9. The minimum Gasteiger partial charge on any atom is -0.492 e. The number of hydrogen-bond acceptors (Lipinski definition) is 7. The fraction of sp³-hybridized carbons (Fsp3) is 0.143. The summed E-state index contributed by atoms with van der Waals surface area (Å²) in [6.07, 6.45) is 1.52. The topological polar surface area (TPSA) is 98.7 Å². The Kier molecular flexibility index (Phi) is 5.44. The number of nitro groups is 1. The van der Waals surface area contributed by atoms with Crippen molar-refractivity contribution in [2.75, 3.05) is 11.5 Å². The van der Waals surface area contributed by atoms with E-state index in [-0.39, 0.29) is 17.8 Å². The van der Waals surface area contributed by atoms with E-state index in [0.29, 0.717) is 28.8 Å². The molecule has 152 valence electrons. The molecule has 8 nitrogen and oxygen atoms in total. The van der Waals surface area contributed by atoms with E-state index in [2.05, 4.69) is 4.98 Å². The monoisotopic (exact) mass is 423 g/mol. The SMILES string of the molecule is CCOc1cccc2sc(N(Cc3ccco3)C(=O)c3cccc([N+](=O)[O-])c3)nc12. The molecule has 0 saturated heterocycles. The van der Waals surface area contributed by atoms with Crippen molar-refractivity contribution < 1.29 is 18.9 Å². The number of nitro benzene ring substituents is 1. The molecule has 0 atom stereocenters. The van der Waals surface area contributed by atoms with Crippen molar-refractivity contribution >= 4 is 38.3 Å². The number of ether oxygens (including phenoxy) is 1. The molecule has 0 aliphatic carbocycles. The summed E-state index contributed by atoms with van der Waals surface area (Å²) in [7, 11) is 0. The summed E-state index contributed by atoms with van der Waals surface area (Å²) in [5, 5.41) is 11.6. The molecular weight excluding hydrogens is 406 g/mol. The normalized spacial score (nSPS) is 10.8. The van der Waals surface area contributed by atoms with Gasteiger partial charge in [-0.3, -0.25) is 19.8 Å². The summed E-state index contributed by atoms with van der Waals surface area (Å²) in [5.41, 5.74) is 0.706. The van der Waals surface area contributed by atoms with Crippen LogP contribution in [0.25, 0.3) is 10.2 Å². The highest BCUT2D eigenvalue weighted by Gasteiger charge is 2.24. The van der Waals surface area contributed by atoms with Gasteiger partial charge in [0.1, 0.15) is 17.0 Å². The lowest BCUT2D eigenvalue weighted by Gasteiger charge is -2.18. The van der Waals surface area contributed by atoms with Gasteiger partial charge in [-0.15, -0.1) is 0 Å². The summed E-state index contributed by atoms with van der Waals surface area (Å²) in [5.74, 6) is 0.795. The number of anilines is 1. The minimum atomic E-state index is -0.528. The molecule has 9 heteroatoms. The van der Waals surface area contributed by atoms with Gasteiger partial charge in [0.05, 0.1) is 29.0 Å². The number of carbonyl (C=O) groups is 1. The van der Waals surface area contributed by atoms with E-state index in [0.717, 1.165) is 4.70 Å². The van der Waals surface area contributed by atoms with Gasteiger partial charge in [0.25, 0.3) is 11.6 Å².